The maximum Gasteiger partial charge on any atom is 0.123 e. The number of aliphatic hydroxyl groups excluding tert-OH is 1. The van der Waals surface area contributed by atoms with Crippen molar-refractivity contribution in [3.05, 3.63) is 35.1 Å². The van der Waals surface area contributed by atoms with Gasteiger partial charge >= 0.3 is 0 Å². The standard InChI is InChI=1S/C13H19FO2/c1-5-16-13(3,4)12(15)11-7-6-10(14)8-9(11)2/h6-8,12,15H,5H2,1-4H3. The molecule has 1 N–H and O–H groups in total. The Balaban J connectivity index is 3.00. The van der Waals surface area contributed by atoms with Gasteiger partial charge in [0.2, 0.25) is 0 Å². The molecule has 1 rings (SSSR count). The topological polar surface area (TPSA) is 29.5 Å². The number of rotatable bonds is 4. The van der Waals surface area contributed by atoms with Crippen LogP contribution in [0.1, 0.15) is 38.0 Å². The summed E-state index contributed by atoms with van der Waals surface area (Å²) in [6.45, 7) is 7.84. The van der Waals surface area contributed by atoms with Gasteiger partial charge < -0.3 is 9.84 Å². The first kappa shape index (κ1) is 13.1. The second kappa shape index (κ2) is 4.93. The van der Waals surface area contributed by atoms with E-state index in [0.717, 1.165) is 5.56 Å². The number of ether oxygens (including phenoxy) is 1. The highest BCUT2D eigenvalue weighted by atomic mass is 19.1. The minimum absolute atomic E-state index is 0.289. The molecule has 0 heterocycles. The highest BCUT2D eigenvalue weighted by Crippen LogP contribution is 2.30. The molecule has 0 bridgehead atoms. The van der Waals surface area contributed by atoms with Gasteiger partial charge in [0.25, 0.3) is 0 Å². The maximum absolute atomic E-state index is 12.9. The number of aliphatic hydroxyl groups is 1. The van der Waals surface area contributed by atoms with Crippen LogP contribution < -0.4 is 0 Å². The summed E-state index contributed by atoms with van der Waals surface area (Å²) in [6, 6.07) is 4.38. The summed E-state index contributed by atoms with van der Waals surface area (Å²) < 4.78 is 18.4. The number of hydrogen-bond donors (Lipinski definition) is 1. The molecule has 0 fully saturated rings. The monoisotopic (exact) mass is 226 g/mol. The summed E-state index contributed by atoms with van der Waals surface area (Å²) in [5.41, 5.74) is 0.775. The predicted octanol–water partition coefficient (Wildman–Crippen LogP) is 2.98. The van der Waals surface area contributed by atoms with Crippen molar-refractivity contribution in [2.75, 3.05) is 6.61 Å². The zero-order chi connectivity index (χ0) is 12.3. The molecule has 1 aromatic rings. The Morgan fingerprint density at radius 1 is 1.44 bits per heavy atom. The van der Waals surface area contributed by atoms with Gasteiger partial charge in [0, 0.05) is 6.61 Å². The molecular formula is C13H19FO2. The molecule has 0 aliphatic rings. The van der Waals surface area contributed by atoms with Gasteiger partial charge in [-0.1, -0.05) is 6.07 Å². The molecule has 0 aliphatic heterocycles. The summed E-state index contributed by atoms with van der Waals surface area (Å²) in [6.07, 6.45) is -0.756. The minimum atomic E-state index is -0.756. The molecule has 0 radical (unpaired) electrons. The normalized spacial score (nSPS) is 13.9. The first-order chi connectivity index (χ1) is 7.38. The van der Waals surface area contributed by atoms with Gasteiger partial charge in [-0.3, -0.25) is 0 Å². The zero-order valence-corrected chi connectivity index (χ0v) is 10.2. The largest absolute Gasteiger partial charge is 0.385 e. The van der Waals surface area contributed by atoms with Gasteiger partial charge in [-0.15, -0.1) is 0 Å². The quantitative estimate of drug-likeness (QED) is 0.855. The molecule has 3 heteroatoms. The SMILES string of the molecule is CCOC(C)(C)C(O)c1ccc(F)cc1C. The molecule has 2 nitrogen and oxygen atoms in total. The van der Waals surface area contributed by atoms with Crippen molar-refractivity contribution in [1.82, 2.24) is 0 Å². The fraction of sp³-hybridized carbons (Fsp3) is 0.538. The van der Waals surface area contributed by atoms with E-state index in [-0.39, 0.29) is 5.82 Å². The molecule has 0 amide bonds. The van der Waals surface area contributed by atoms with E-state index >= 15 is 0 Å². The number of hydrogen-bond acceptors (Lipinski definition) is 2. The van der Waals surface area contributed by atoms with Crippen molar-refractivity contribution in [2.24, 2.45) is 0 Å². The van der Waals surface area contributed by atoms with E-state index in [0.29, 0.717) is 12.2 Å². The zero-order valence-electron chi connectivity index (χ0n) is 10.2. The van der Waals surface area contributed by atoms with Crippen LogP contribution in [0, 0.1) is 12.7 Å². The minimum Gasteiger partial charge on any atom is -0.385 e. The van der Waals surface area contributed by atoms with Crippen molar-refractivity contribution in [3.63, 3.8) is 0 Å². The number of aryl methyl sites for hydroxylation is 1. The van der Waals surface area contributed by atoms with Gasteiger partial charge in [0.15, 0.2) is 0 Å². The molecule has 1 aromatic carbocycles. The fourth-order valence-electron chi connectivity index (χ4n) is 1.77. The van der Waals surface area contributed by atoms with Crippen LogP contribution in [0.15, 0.2) is 18.2 Å². The van der Waals surface area contributed by atoms with Crippen LogP contribution in [0.3, 0.4) is 0 Å². The molecule has 0 aromatic heterocycles. The molecule has 0 aliphatic carbocycles. The van der Waals surface area contributed by atoms with Crippen molar-refractivity contribution < 1.29 is 14.2 Å². The summed E-state index contributed by atoms with van der Waals surface area (Å²) in [5.74, 6) is -0.289. The average Bonchev–Trinajstić information content (AvgIpc) is 2.16. The van der Waals surface area contributed by atoms with Crippen molar-refractivity contribution >= 4 is 0 Å². The molecule has 90 valence electrons. The van der Waals surface area contributed by atoms with Crippen LogP contribution in [0.5, 0.6) is 0 Å². The highest BCUT2D eigenvalue weighted by Gasteiger charge is 2.30. The van der Waals surface area contributed by atoms with E-state index < -0.39 is 11.7 Å². The van der Waals surface area contributed by atoms with Gasteiger partial charge in [0.1, 0.15) is 11.9 Å². The highest BCUT2D eigenvalue weighted by molar-refractivity contribution is 5.30. The Morgan fingerprint density at radius 2 is 2.06 bits per heavy atom. The first-order valence-corrected chi connectivity index (χ1v) is 5.46. The van der Waals surface area contributed by atoms with Gasteiger partial charge in [-0.2, -0.15) is 0 Å². The van der Waals surface area contributed by atoms with E-state index in [1.165, 1.54) is 12.1 Å². The number of halogens is 1. The summed E-state index contributed by atoms with van der Waals surface area (Å²) in [5, 5.41) is 10.2. The lowest BCUT2D eigenvalue weighted by molar-refractivity contribution is -0.0985. The first-order valence-electron chi connectivity index (χ1n) is 5.46. The second-order valence-corrected chi connectivity index (χ2v) is 4.44. The molecule has 1 unspecified atom stereocenters. The Labute approximate surface area is 96.1 Å². The Kier molecular flexibility index (Phi) is 4.05. The Hall–Kier alpha value is -0.930. The van der Waals surface area contributed by atoms with Crippen molar-refractivity contribution in [3.8, 4) is 0 Å². The predicted molar refractivity (Wildman–Crippen MR) is 61.8 cm³/mol. The Bertz CT molecular complexity index is 361. The van der Waals surface area contributed by atoms with E-state index in [2.05, 4.69) is 0 Å². The van der Waals surface area contributed by atoms with Crippen molar-refractivity contribution in [2.45, 2.75) is 39.4 Å². The van der Waals surface area contributed by atoms with Crippen LogP contribution in [-0.4, -0.2) is 17.3 Å². The van der Waals surface area contributed by atoms with Gasteiger partial charge in [0.05, 0.1) is 5.60 Å². The third kappa shape index (κ3) is 2.80. The molecule has 0 spiro atoms. The summed E-state index contributed by atoms with van der Waals surface area (Å²) >= 11 is 0. The van der Waals surface area contributed by atoms with Crippen LogP contribution >= 0.6 is 0 Å². The van der Waals surface area contributed by atoms with Crippen molar-refractivity contribution in [1.29, 1.82) is 0 Å². The second-order valence-electron chi connectivity index (χ2n) is 4.44. The van der Waals surface area contributed by atoms with Gasteiger partial charge in [-0.25, -0.2) is 4.39 Å². The lowest BCUT2D eigenvalue weighted by atomic mass is 9.91. The summed E-state index contributed by atoms with van der Waals surface area (Å²) in [7, 11) is 0. The number of benzene rings is 1. The van der Waals surface area contributed by atoms with E-state index in [9.17, 15) is 9.50 Å². The maximum atomic E-state index is 12.9. The lowest BCUT2D eigenvalue weighted by Gasteiger charge is -2.31. The third-order valence-electron chi connectivity index (χ3n) is 2.70. The molecule has 0 saturated carbocycles. The van der Waals surface area contributed by atoms with E-state index in [1.54, 1.807) is 13.0 Å². The van der Waals surface area contributed by atoms with Crippen LogP contribution in [0.4, 0.5) is 4.39 Å². The van der Waals surface area contributed by atoms with Crippen LogP contribution in [0.25, 0.3) is 0 Å². The summed E-state index contributed by atoms with van der Waals surface area (Å²) in [4.78, 5) is 0. The molecule has 0 saturated heterocycles. The molecular weight excluding hydrogens is 207 g/mol. The van der Waals surface area contributed by atoms with Crippen LogP contribution in [-0.2, 0) is 4.74 Å². The molecule has 1 atom stereocenters. The van der Waals surface area contributed by atoms with Crippen LogP contribution in [0.2, 0.25) is 0 Å². The third-order valence-corrected chi connectivity index (χ3v) is 2.70. The average molecular weight is 226 g/mol. The fourth-order valence-corrected chi connectivity index (χ4v) is 1.77. The Morgan fingerprint density at radius 3 is 2.56 bits per heavy atom. The van der Waals surface area contributed by atoms with E-state index in [1.807, 2.05) is 20.8 Å². The smallest absolute Gasteiger partial charge is 0.123 e. The molecule has 16 heavy (non-hydrogen) atoms. The van der Waals surface area contributed by atoms with E-state index in [4.69, 9.17) is 4.74 Å². The lowest BCUT2D eigenvalue weighted by Crippen LogP contribution is -2.33. The van der Waals surface area contributed by atoms with Gasteiger partial charge in [-0.05, 0) is 51.0 Å².